The van der Waals surface area contributed by atoms with Crippen molar-refractivity contribution in [3.05, 3.63) is 181 Å². The number of hydrogen-bond donors (Lipinski definition) is 0. The number of pyridine rings is 1. The number of rotatable bonds is 5. The maximum atomic E-state index is 5.56. The molecule has 0 fully saturated rings. The Bertz CT molecular complexity index is 2800. The van der Waals surface area contributed by atoms with E-state index in [1.54, 1.807) is 0 Å². The quantitative estimate of drug-likeness (QED) is 0.182. The van der Waals surface area contributed by atoms with E-state index in [9.17, 15) is 0 Å². The van der Waals surface area contributed by atoms with Crippen molar-refractivity contribution >= 4 is 21.7 Å². The summed E-state index contributed by atoms with van der Waals surface area (Å²) in [4.78, 5) is 20.5. The van der Waals surface area contributed by atoms with Crippen LogP contribution in [0.2, 0.25) is 0 Å². The van der Waals surface area contributed by atoms with Gasteiger partial charge in [-0.15, -0.1) is 0 Å². The third-order valence-electron chi connectivity index (χ3n) is 10.7. The Morgan fingerprint density at radius 1 is 0.377 bits per heavy atom. The lowest BCUT2D eigenvalue weighted by Gasteiger charge is -2.23. The molecule has 9 aromatic rings. The number of fused-ring (bicyclic) bond motifs is 6. The van der Waals surface area contributed by atoms with E-state index < -0.39 is 0 Å². The average molecular weight is 679 g/mol. The predicted octanol–water partition coefficient (Wildman–Crippen LogP) is 12.2. The summed E-state index contributed by atoms with van der Waals surface area (Å²) in [5.41, 5.74) is 13.0. The average Bonchev–Trinajstić information content (AvgIpc) is 3.47. The first-order chi connectivity index (χ1) is 26.0. The highest BCUT2D eigenvalue weighted by Gasteiger charge is 2.37. The maximum Gasteiger partial charge on any atom is 0.164 e. The van der Waals surface area contributed by atoms with Gasteiger partial charge in [0.2, 0.25) is 0 Å². The standard InChI is InChI=1S/C49H34N4/c1-49(2)42-23-12-11-22-38(42)39-26-27-40-41(35-25-24-31-14-9-10-19-34(31)28-35)30-43(50-45(40)44(39)49)36-20-13-21-37(29-36)48-52-46(32-15-5-3-6-16-32)51-47(53-48)33-17-7-4-8-18-33/h3-30H,1-2H3. The SMILES string of the molecule is CC1(C)c2ccccc2-c2ccc3c(-c4ccc5ccccc5c4)cc(-c4cccc(-c5nc(-c6ccccc6)nc(-c6ccccc6)n5)c4)nc3c21. The molecule has 0 spiro atoms. The molecule has 0 saturated heterocycles. The van der Waals surface area contributed by atoms with Crippen LogP contribution in [0.1, 0.15) is 25.0 Å². The zero-order valence-corrected chi connectivity index (χ0v) is 29.5. The van der Waals surface area contributed by atoms with Gasteiger partial charge in [0.15, 0.2) is 17.5 Å². The maximum absolute atomic E-state index is 5.56. The van der Waals surface area contributed by atoms with Crippen molar-refractivity contribution in [3.63, 3.8) is 0 Å². The Morgan fingerprint density at radius 3 is 1.72 bits per heavy atom. The number of aromatic nitrogens is 4. The molecule has 0 atom stereocenters. The van der Waals surface area contributed by atoms with Crippen LogP contribution in [-0.2, 0) is 5.41 Å². The molecule has 53 heavy (non-hydrogen) atoms. The second-order valence-corrected chi connectivity index (χ2v) is 14.3. The third kappa shape index (κ3) is 5.22. The molecule has 7 aromatic carbocycles. The molecule has 0 N–H and O–H groups in total. The van der Waals surface area contributed by atoms with Crippen LogP contribution < -0.4 is 0 Å². The van der Waals surface area contributed by atoms with Crippen LogP contribution in [0.5, 0.6) is 0 Å². The Morgan fingerprint density at radius 2 is 0.981 bits per heavy atom. The van der Waals surface area contributed by atoms with E-state index in [4.69, 9.17) is 19.9 Å². The highest BCUT2D eigenvalue weighted by Crippen LogP contribution is 2.52. The fourth-order valence-corrected chi connectivity index (χ4v) is 8.05. The van der Waals surface area contributed by atoms with Crippen LogP contribution in [0.25, 0.3) is 89.4 Å². The first-order valence-electron chi connectivity index (χ1n) is 18.1. The lowest BCUT2D eigenvalue weighted by atomic mass is 9.80. The second kappa shape index (κ2) is 12.2. The van der Waals surface area contributed by atoms with E-state index in [2.05, 4.69) is 123 Å². The first-order valence-corrected chi connectivity index (χ1v) is 18.1. The zero-order chi connectivity index (χ0) is 35.5. The number of hydrogen-bond acceptors (Lipinski definition) is 4. The van der Waals surface area contributed by atoms with E-state index >= 15 is 0 Å². The van der Waals surface area contributed by atoms with Crippen LogP contribution in [0.4, 0.5) is 0 Å². The van der Waals surface area contributed by atoms with E-state index in [-0.39, 0.29) is 5.41 Å². The van der Waals surface area contributed by atoms with Gasteiger partial charge in [0.25, 0.3) is 0 Å². The lowest BCUT2D eigenvalue weighted by Crippen LogP contribution is -2.16. The van der Waals surface area contributed by atoms with Gasteiger partial charge in [-0.2, -0.15) is 0 Å². The minimum absolute atomic E-state index is 0.216. The zero-order valence-electron chi connectivity index (χ0n) is 29.5. The van der Waals surface area contributed by atoms with Crippen molar-refractivity contribution in [2.45, 2.75) is 19.3 Å². The summed E-state index contributed by atoms with van der Waals surface area (Å²) in [6.07, 6.45) is 0. The van der Waals surface area contributed by atoms with Crippen LogP contribution >= 0.6 is 0 Å². The highest BCUT2D eigenvalue weighted by atomic mass is 15.0. The molecular formula is C49H34N4. The largest absolute Gasteiger partial charge is 0.247 e. The normalized spacial score (nSPS) is 12.9. The summed E-state index contributed by atoms with van der Waals surface area (Å²) in [7, 11) is 0. The minimum Gasteiger partial charge on any atom is -0.247 e. The first kappa shape index (κ1) is 31.0. The topological polar surface area (TPSA) is 51.6 Å². The van der Waals surface area contributed by atoms with E-state index in [1.165, 1.54) is 38.6 Å². The van der Waals surface area contributed by atoms with Crippen molar-refractivity contribution in [3.8, 4) is 67.7 Å². The third-order valence-corrected chi connectivity index (χ3v) is 10.7. The fraction of sp³-hybridized carbons (Fsp3) is 0.0612. The second-order valence-electron chi connectivity index (χ2n) is 14.3. The van der Waals surface area contributed by atoms with E-state index in [1.807, 2.05) is 60.7 Å². The van der Waals surface area contributed by atoms with Crippen molar-refractivity contribution < 1.29 is 0 Å². The van der Waals surface area contributed by atoms with Gasteiger partial charge in [-0.1, -0.05) is 166 Å². The molecule has 0 unspecified atom stereocenters. The fourth-order valence-electron chi connectivity index (χ4n) is 8.05. The van der Waals surface area contributed by atoms with Crippen LogP contribution in [0, 0.1) is 0 Å². The van der Waals surface area contributed by atoms with Crippen molar-refractivity contribution in [1.82, 2.24) is 19.9 Å². The van der Waals surface area contributed by atoms with Crippen LogP contribution in [0.3, 0.4) is 0 Å². The molecule has 4 nitrogen and oxygen atoms in total. The van der Waals surface area contributed by atoms with Gasteiger partial charge >= 0.3 is 0 Å². The molecule has 0 amide bonds. The molecule has 250 valence electrons. The molecular weight excluding hydrogens is 645 g/mol. The molecule has 0 aliphatic heterocycles. The van der Waals surface area contributed by atoms with Crippen molar-refractivity contribution in [2.24, 2.45) is 0 Å². The molecule has 1 aliphatic carbocycles. The summed E-state index contributed by atoms with van der Waals surface area (Å²) in [6, 6.07) is 59.6. The molecule has 1 aliphatic rings. The Kier molecular flexibility index (Phi) is 7.12. The summed E-state index contributed by atoms with van der Waals surface area (Å²) in [5.74, 6) is 1.90. The molecule has 10 rings (SSSR count). The molecule has 2 aromatic heterocycles. The van der Waals surface area contributed by atoms with Gasteiger partial charge in [-0.25, -0.2) is 19.9 Å². The van der Waals surface area contributed by atoms with Crippen molar-refractivity contribution in [2.75, 3.05) is 0 Å². The van der Waals surface area contributed by atoms with E-state index in [0.717, 1.165) is 44.4 Å². The molecule has 0 saturated carbocycles. The Hall–Kier alpha value is -6.78. The van der Waals surface area contributed by atoms with Gasteiger partial charge < -0.3 is 0 Å². The van der Waals surface area contributed by atoms with Crippen LogP contribution in [0.15, 0.2) is 170 Å². The number of nitrogens with zero attached hydrogens (tertiary/aromatic N) is 4. The molecule has 4 heteroatoms. The van der Waals surface area contributed by atoms with Crippen LogP contribution in [-0.4, -0.2) is 19.9 Å². The summed E-state index contributed by atoms with van der Waals surface area (Å²) >= 11 is 0. The highest BCUT2D eigenvalue weighted by molar-refractivity contribution is 6.04. The lowest BCUT2D eigenvalue weighted by molar-refractivity contribution is 0.665. The van der Waals surface area contributed by atoms with Crippen molar-refractivity contribution in [1.29, 1.82) is 0 Å². The Labute approximate surface area is 308 Å². The summed E-state index contributed by atoms with van der Waals surface area (Å²) in [5, 5.41) is 3.59. The predicted molar refractivity (Wildman–Crippen MR) is 217 cm³/mol. The monoisotopic (exact) mass is 678 g/mol. The Balaban J connectivity index is 1.19. The molecule has 0 radical (unpaired) electrons. The van der Waals surface area contributed by atoms with Gasteiger partial charge in [-0.3, -0.25) is 0 Å². The van der Waals surface area contributed by atoms with Gasteiger partial charge in [0, 0.05) is 33.1 Å². The smallest absolute Gasteiger partial charge is 0.164 e. The van der Waals surface area contributed by atoms with Gasteiger partial charge in [-0.05, 0) is 62.4 Å². The molecule has 2 heterocycles. The minimum atomic E-state index is -0.216. The summed E-state index contributed by atoms with van der Waals surface area (Å²) in [6.45, 7) is 4.66. The summed E-state index contributed by atoms with van der Waals surface area (Å²) < 4.78 is 0. The van der Waals surface area contributed by atoms with Gasteiger partial charge in [0.05, 0.1) is 11.2 Å². The molecule has 0 bridgehead atoms. The van der Waals surface area contributed by atoms with Gasteiger partial charge in [0.1, 0.15) is 0 Å². The number of benzene rings is 7. The van der Waals surface area contributed by atoms with E-state index in [0.29, 0.717) is 17.5 Å².